The summed E-state index contributed by atoms with van der Waals surface area (Å²) in [6.07, 6.45) is 7.58. The van der Waals surface area contributed by atoms with Gasteiger partial charge in [0.1, 0.15) is 0 Å². The molecular formula is C20H40ClNO2. The first kappa shape index (κ1) is 22.2. The normalized spacial score (nSPS) is 36.4. The lowest BCUT2D eigenvalue weighted by Gasteiger charge is -2.41. The molecule has 1 heterocycles. The highest BCUT2D eigenvalue weighted by Crippen LogP contribution is 2.35. The van der Waals surface area contributed by atoms with Crippen molar-refractivity contribution in [3.8, 4) is 0 Å². The number of halogens is 1. The summed E-state index contributed by atoms with van der Waals surface area (Å²) in [5.74, 6) is 2.09. The minimum Gasteiger partial charge on any atom is -0.389 e. The van der Waals surface area contributed by atoms with E-state index < -0.39 is 0 Å². The number of rotatable bonds is 6. The zero-order valence-corrected chi connectivity index (χ0v) is 17.2. The number of hydrogen-bond donors (Lipinski definition) is 1. The molecule has 0 amide bonds. The van der Waals surface area contributed by atoms with Crippen LogP contribution in [0, 0.1) is 17.8 Å². The highest BCUT2D eigenvalue weighted by molar-refractivity contribution is 5.85. The maximum atomic E-state index is 10.5. The van der Waals surface area contributed by atoms with Crippen LogP contribution in [-0.2, 0) is 4.74 Å². The highest BCUT2D eigenvalue weighted by Gasteiger charge is 2.32. The van der Waals surface area contributed by atoms with Gasteiger partial charge in [0, 0.05) is 18.6 Å². The number of hydrogen-bond acceptors (Lipinski definition) is 3. The second-order valence-corrected chi connectivity index (χ2v) is 8.68. The van der Waals surface area contributed by atoms with E-state index >= 15 is 0 Å². The summed E-state index contributed by atoms with van der Waals surface area (Å²) in [5, 5.41) is 10.5. The van der Waals surface area contributed by atoms with Crippen LogP contribution in [0.15, 0.2) is 0 Å². The molecule has 1 aliphatic carbocycles. The van der Waals surface area contributed by atoms with Gasteiger partial charge in [0.15, 0.2) is 0 Å². The standard InChI is InChI=1S/C20H39NO2.ClH/c1-14(2)19-10-9-15(3)11-20(19)23-13-18(22)12-21-16(4)7-6-8-17(21)5;/h14-20,22H,6-13H2,1-5H3;1H. The first-order valence-electron chi connectivity index (χ1n) is 9.93. The number of β-amino-alcohol motifs (C(OH)–C–C–N with tert-alkyl or cyclic N) is 1. The molecule has 2 aliphatic rings. The minimum absolute atomic E-state index is 0. The Bertz CT molecular complexity index is 343. The fourth-order valence-corrected chi connectivity index (χ4v) is 4.67. The van der Waals surface area contributed by atoms with Crippen molar-refractivity contribution in [2.24, 2.45) is 17.8 Å². The summed E-state index contributed by atoms with van der Waals surface area (Å²) in [6, 6.07) is 1.18. The Labute approximate surface area is 155 Å². The largest absolute Gasteiger partial charge is 0.389 e. The van der Waals surface area contributed by atoms with Crippen molar-refractivity contribution in [2.45, 2.75) is 97.4 Å². The molecule has 6 unspecified atom stereocenters. The Kier molecular flexibility index (Phi) is 9.58. The molecular weight excluding hydrogens is 322 g/mol. The quantitative estimate of drug-likeness (QED) is 0.755. The first-order valence-corrected chi connectivity index (χ1v) is 9.93. The van der Waals surface area contributed by atoms with Crippen molar-refractivity contribution in [1.82, 2.24) is 4.90 Å². The molecule has 0 aromatic heterocycles. The summed E-state index contributed by atoms with van der Waals surface area (Å²) in [6.45, 7) is 12.8. The maximum absolute atomic E-state index is 10.5. The van der Waals surface area contributed by atoms with Crippen molar-refractivity contribution in [3.05, 3.63) is 0 Å². The van der Waals surface area contributed by atoms with E-state index in [1.165, 1.54) is 32.1 Å². The third-order valence-corrected chi connectivity index (χ3v) is 6.26. The molecule has 6 atom stereocenters. The Morgan fingerprint density at radius 1 is 1.04 bits per heavy atom. The first-order chi connectivity index (χ1) is 10.9. The Balaban J connectivity index is 0.00000288. The molecule has 1 saturated heterocycles. The van der Waals surface area contributed by atoms with Crippen molar-refractivity contribution < 1.29 is 9.84 Å². The van der Waals surface area contributed by atoms with Crippen LogP contribution in [0.25, 0.3) is 0 Å². The van der Waals surface area contributed by atoms with Gasteiger partial charge in [-0.2, -0.15) is 0 Å². The van der Waals surface area contributed by atoms with E-state index in [1.807, 2.05) is 0 Å². The Morgan fingerprint density at radius 2 is 1.67 bits per heavy atom. The average molecular weight is 362 g/mol. The summed E-state index contributed by atoms with van der Waals surface area (Å²) in [4.78, 5) is 2.47. The van der Waals surface area contributed by atoms with Gasteiger partial charge in [-0.05, 0) is 57.3 Å². The Hall–Kier alpha value is 0.170. The van der Waals surface area contributed by atoms with Gasteiger partial charge in [0.25, 0.3) is 0 Å². The molecule has 1 aliphatic heterocycles. The van der Waals surface area contributed by atoms with Crippen molar-refractivity contribution in [2.75, 3.05) is 13.2 Å². The number of aliphatic hydroxyl groups is 1. The molecule has 4 heteroatoms. The lowest BCUT2D eigenvalue weighted by molar-refractivity contribution is -0.0793. The monoisotopic (exact) mass is 361 g/mol. The van der Waals surface area contributed by atoms with Gasteiger partial charge in [0.05, 0.1) is 18.8 Å². The second kappa shape index (κ2) is 10.4. The van der Waals surface area contributed by atoms with Crippen LogP contribution < -0.4 is 0 Å². The van der Waals surface area contributed by atoms with Gasteiger partial charge in [-0.25, -0.2) is 0 Å². The van der Waals surface area contributed by atoms with Gasteiger partial charge in [-0.15, -0.1) is 12.4 Å². The van der Waals surface area contributed by atoms with Gasteiger partial charge in [-0.1, -0.05) is 33.6 Å². The molecule has 24 heavy (non-hydrogen) atoms. The predicted octanol–water partition coefficient (Wildman–Crippen LogP) is 4.51. The average Bonchev–Trinajstić information content (AvgIpc) is 2.49. The molecule has 3 nitrogen and oxygen atoms in total. The van der Waals surface area contributed by atoms with Gasteiger partial charge in [0.2, 0.25) is 0 Å². The highest BCUT2D eigenvalue weighted by atomic mass is 35.5. The van der Waals surface area contributed by atoms with Crippen LogP contribution in [-0.4, -0.2) is 47.4 Å². The number of aliphatic hydroxyl groups excluding tert-OH is 1. The van der Waals surface area contributed by atoms with Crippen molar-refractivity contribution >= 4 is 12.4 Å². The Morgan fingerprint density at radius 3 is 2.25 bits per heavy atom. The summed E-state index contributed by atoms with van der Waals surface area (Å²) >= 11 is 0. The van der Waals surface area contributed by atoms with Crippen LogP contribution in [0.5, 0.6) is 0 Å². The number of ether oxygens (including phenoxy) is 1. The SMILES string of the molecule is CC1CCC(C(C)C)C(OCC(O)CN2C(C)CCCC2C)C1.Cl. The van der Waals surface area contributed by atoms with Crippen LogP contribution in [0.1, 0.15) is 73.1 Å². The molecule has 0 aromatic rings. The lowest BCUT2D eigenvalue weighted by Crippen LogP contribution is -2.48. The number of nitrogens with zero attached hydrogens (tertiary/aromatic N) is 1. The van der Waals surface area contributed by atoms with E-state index in [0.717, 1.165) is 18.9 Å². The smallest absolute Gasteiger partial charge is 0.0900 e. The fourth-order valence-electron chi connectivity index (χ4n) is 4.67. The van der Waals surface area contributed by atoms with E-state index in [1.54, 1.807) is 0 Å². The van der Waals surface area contributed by atoms with Gasteiger partial charge >= 0.3 is 0 Å². The summed E-state index contributed by atoms with van der Waals surface area (Å²) < 4.78 is 6.22. The van der Waals surface area contributed by atoms with Crippen molar-refractivity contribution in [1.29, 1.82) is 0 Å². The zero-order chi connectivity index (χ0) is 17.0. The molecule has 0 bridgehead atoms. The van der Waals surface area contributed by atoms with Crippen LogP contribution in [0.4, 0.5) is 0 Å². The lowest BCUT2D eigenvalue weighted by atomic mass is 9.75. The minimum atomic E-state index is -0.358. The van der Waals surface area contributed by atoms with E-state index in [-0.39, 0.29) is 18.5 Å². The number of likely N-dealkylation sites (tertiary alicyclic amines) is 1. The summed E-state index contributed by atoms with van der Waals surface area (Å²) in [5.41, 5.74) is 0. The topological polar surface area (TPSA) is 32.7 Å². The molecule has 1 saturated carbocycles. The van der Waals surface area contributed by atoms with E-state index in [9.17, 15) is 5.11 Å². The van der Waals surface area contributed by atoms with E-state index in [0.29, 0.717) is 36.6 Å². The molecule has 1 N–H and O–H groups in total. The molecule has 0 radical (unpaired) electrons. The zero-order valence-electron chi connectivity index (χ0n) is 16.4. The van der Waals surface area contributed by atoms with E-state index in [4.69, 9.17) is 4.74 Å². The molecule has 144 valence electrons. The van der Waals surface area contributed by atoms with Gasteiger partial charge < -0.3 is 9.84 Å². The predicted molar refractivity (Wildman–Crippen MR) is 104 cm³/mol. The second-order valence-electron chi connectivity index (χ2n) is 8.68. The van der Waals surface area contributed by atoms with Crippen LogP contribution in [0.2, 0.25) is 0 Å². The van der Waals surface area contributed by atoms with Crippen molar-refractivity contribution in [3.63, 3.8) is 0 Å². The summed E-state index contributed by atoms with van der Waals surface area (Å²) in [7, 11) is 0. The van der Waals surface area contributed by atoms with Crippen LogP contribution >= 0.6 is 12.4 Å². The molecule has 0 aromatic carbocycles. The third kappa shape index (κ3) is 6.16. The number of piperidine rings is 1. The van der Waals surface area contributed by atoms with Gasteiger partial charge in [-0.3, -0.25) is 4.90 Å². The molecule has 0 spiro atoms. The molecule has 2 fully saturated rings. The van der Waals surface area contributed by atoms with Crippen LogP contribution in [0.3, 0.4) is 0 Å². The maximum Gasteiger partial charge on any atom is 0.0900 e. The fraction of sp³-hybridized carbons (Fsp3) is 1.00. The third-order valence-electron chi connectivity index (χ3n) is 6.26. The van der Waals surface area contributed by atoms with E-state index in [2.05, 4.69) is 39.5 Å². The molecule has 2 rings (SSSR count).